The summed E-state index contributed by atoms with van der Waals surface area (Å²) in [5, 5.41) is 1.86. The fourth-order valence-electron chi connectivity index (χ4n) is 2.06. The van der Waals surface area contributed by atoms with Gasteiger partial charge in [0.25, 0.3) is 0 Å². The normalized spacial score (nSPS) is 10.8. The van der Waals surface area contributed by atoms with E-state index in [1.807, 2.05) is 42.5 Å². The predicted octanol–water partition coefficient (Wildman–Crippen LogP) is 4.50. The summed E-state index contributed by atoms with van der Waals surface area (Å²) in [4.78, 5) is 3.36. The zero-order chi connectivity index (χ0) is 12.5. The Hall–Kier alpha value is -1.93. The van der Waals surface area contributed by atoms with Gasteiger partial charge in [0.05, 0.1) is 7.11 Å². The molecular formula is C15H12ClNO. The molecule has 0 radical (unpaired) electrons. The summed E-state index contributed by atoms with van der Waals surface area (Å²) in [6.45, 7) is 0. The fourth-order valence-corrected chi connectivity index (χ4v) is 2.30. The smallest absolute Gasteiger partial charge is 0.119 e. The van der Waals surface area contributed by atoms with Crippen LogP contribution in [-0.4, -0.2) is 12.1 Å². The van der Waals surface area contributed by atoms with Crippen molar-refractivity contribution in [3.8, 4) is 17.0 Å². The van der Waals surface area contributed by atoms with Gasteiger partial charge < -0.3 is 9.72 Å². The van der Waals surface area contributed by atoms with Crippen molar-refractivity contribution in [1.29, 1.82) is 0 Å². The van der Waals surface area contributed by atoms with Gasteiger partial charge in [0.2, 0.25) is 0 Å². The lowest BCUT2D eigenvalue weighted by Crippen LogP contribution is -1.80. The number of aromatic nitrogens is 1. The van der Waals surface area contributed by atoms with E-state index < -0.39 is 0 Å². The number of ether oxygens (including phenoxy) is 1. The summed E-state index contributed by atoms with van der Waals surface area (Å²) in [5.74, 6) is 0.854. The molecule has 0 fully saturated rings. The van der Waals surface area contributed by atoms with Crippen LogP contribution in [0.15, 0.2) is 48.5 Å². The maximum atomic E-state index is 6.20. The number of fused-ring (bicyclic) bond motifs is 1. The highest BCUT2D eigenvalue weighted by molar-refractivity contribution is 6.33. The van der Waals surface area contributed by atoms with Crippen LogP contribution < -0.4 is 4.74 Å². The van der Waals surface area contributed by atoms with Crippen LogP contribution in [0.25, 0.3) is 22.2 Å². The van der Waals surface area contributed by atoms with Gasteiger partial charge in [0.15, 0.2) is 0 Å². The minimum absolute atomic E-state index is 0.746. The lowest BCUT2D eigenvalue weighted by atomic mass is 10.1. The fraction of sp³-hybridized carbons (Fsp3) is 0.0667. The molecule has 0 aliphatic heterocycles. The van der Waals surface area contributed by atoms with E-state index in [2.05, 4.69) is 11.1 Å². The van der Waals surface area contributed by atoms with Crippen molar-refractivity contribution in [3.05, 3.63) is 53.6 Å². The third-order valence-corrected chi connectivity index (χ3v) is 3.32. The van der Waals surface area contributed by atoms with E-state index in [1.54, 1.807) is 7.11 Å². The minimum Gasteiger partial charge on any atom is -0.497 e. The molecule has 0 atom stereocenters. The molecule has 3 heteroatoms. The molecule has 0 unspecified atom stereocenters. The third kappa shape index (κ3) is 1.85. The van der Waals surface area contributed by atoms with Crippen molar-refractivity contribution in [2.45, 2.75) is 0 Å². The molecule has 0 saturated heterocycles. The molecule has 2 aromatic carbocycles. The van der Waals surface area contributed by atoms with Crippen LogP contribution >= 0.6 is 11.6 Å². The molecule has 2 nitrogen and oxygen atoms in total. The first-order chi connectivity index (χ1) is 8.78. The first-order valence-corrected chi connectivity index (χ1v) is 6.07. The van der Waals surface area contributed by atoms with Gasteiger partial charge in [0.1, 0.15) is 5.75 Å². The van der Waals surface area contributed by atoms with Crippen LogP contribution in [-0.2, 0) is 0 Å². The van der Waals surface area contributed by atoms with E-state index in [-0.39, 0.29) is 0 Å². The van der Waals surface area contributed by atoms with E-state index in [1.165, 1.54) is 0 Å². The van der Waals surface area contributed by atoms with Gasteiger partial charge in [-0.2, -0.15) is 0 Å². The van der Waals surface area contributed by atoms with Crippen molar-refractivity contribution in [3.63, 3.8) is 0 Å². The average molecular weight is 258 g/mol. The van der Waals surface area contributed by atoms with E-state index in [4.69, 9.17) is 16.3 Å². The topological polar surface area (TPSA) is 25.0 Å². The van der Waals surface area contributed by atoms with Crippen LogP contribution in [0.1, 0.15) is 0 Å². The molecule has 0 saturated carbocycles. The second kappa shape index (κ2) is 4.39. The van der Waals surface area contributed by atoms with Crippen molar-refractivity contribution in [1.82, 2.24) is 4.98 Å². The molecule has 18 heavy (non-hydrogen) atoms. The molecule has 0 spiro atoms. The molecule has 0 aliphatic carbocycles. The van der Waals surface area contributed by atoms with Crippen LogP contribution in [0, 0.1) is 0 Å². The Morgan fingerprint density at radius 2 is 1.89 bits per heavy atom. The number of nitrogens with one attached hydrogen (secondary N) is 1. The van der Waals surface area contributed by atoms with Crippen molar-refractivity contribution in [2.24, 2.45) is 0 Å². The van der Waals surface area contributed by atoms with Crippen LogP contribution in [0.4, 0.5) is 0 Å². The Morgan fingerprint density at radius 1 is 1.06 bits per heavy atom. The number of aromatic amines is 1. The quantitative estimate of drug-likeness (QED) is 0.719. The number of H-pyrrole nitrogens is 1. The van der Waals surface area contributed by atoms with Crippen molar-refractivity contribution >= 4 is 22.5 Å². The van der Waals surface area contributed by atoms with Crippen molar-refractivity contribution in [2.75, 3.05) is 7.11 Å². The number of halogens is 1. The predicted molar refractivity (Wildman–Crippen MR) is 75.3 cm³/mol. The van der Waals surface area contributed by atoms with E-state index in [9.17, 15) is 0 Å². The highest BCUT2D eigenvalue weighted by Crippen LogP contribution is 2.30. The van der Waals surface area contributed by atoms with Gasteiger partial charge in [-0.25, -0.2) is 0 Å². The van der Waals surface area contributed by atoms with E-state index >= 15 is 0 Å². The zero-order valence-corrected chi connectivity index (χ0v) is 10.7. The zero-order valence-electron chi connectivity index (χ0n) is 9.91. The largest absolute Gasteiger partial charge is 0.497 e. The summed E-state index contributed by atoms with van der Waals surface area (Å²) >= 11 is 6.20. The number of benzene rings is 2. The molecule has 3 aromatic rings. The monoisotopic (exact) mass is 257 g/mol. The van der Waals surface area contributed by atoms with Crippen molar-refractivity contribution < 1.29 is 4.74 Å². The Labute approximate surface area is 110 Å². The van der Waals surface area contributed by atoms with E-state index in [0.717, 1.165) is 32.9 Å². The van der Waals surface area contributed by atoms with Gasteiger partial charge in [-0.1, -0.05) is 29.8 Å². The number of hydrogen-bond acceptors (Lipinski definition) is 1. The molecule has 3 rings (SSSR count). The first-order valence-electron chi connectivity index (χ1n) is 5.69. The van der Waals surface area contributed by atoms with Gasteiger partial charge in [-0.3, -0.25) is 0 Å². The summed E-state index contributed by atoms with van der Waals surface area (Å²) < 4.78 is 5.22. The highest BCUT2D eigenvalue weighted by atomic mass is 35.5. The first kappa shape index (κ1) is 11.2. The van der Waals surface area contributed by atoms with Gasteiger partial charge in [-0.15, -0.1) is 0 Å². The Morgan fingerprint density at radius 3 is 2.67 bits per heavy atom. The maximum absolute atomic E-state index is 6.20. The summed E-state index contributed by atoms with van der Waals surface area (Å²) in [6.07, 6.45) is 0. The Kier molecular flexibility index (Phi) is 2.73. The Balaban J connectivity index is 2.17. The summed E-state index contributed by atoms with van der Waals surface area (Å²) in [6, 6.07) is 15.8. The summed E-state index contributed by atoms with van der Waals surface area (Å²) in [7, 11) is 1.67. The van der Waals surface area contributed by atoms with Gasteiger partial charge >= 0.3 is 0 Å². The molecule has 0 amide bonds. The Bertz CT molecular complexity index is 703. The van der Waals surface area contributed by atoms with Gasteiger partial charge in [0, 0.05) is 27.2 Å². The third-order valence-electron chi connectivity index (χ3n) is 2.99. The minimum atomic E-state index is 0.746. The van der Waals surface area contributed by atoms with Gasteiger partial charge in [-0.05, 0) is 30.3 Å². The molecule has 90 valence electrons. The van der Waals surface area contributed by atoms with Crippen LogP contribution in [0.5, 0.6) is 5.75 Å². The maximum Gasteiger partial charge on any atom is 0.119 e. The van der Waals surface area contributed by atoms with Crippen LogP contribution in [0.2, 0.25) is 5.02 Å². The molecule has 0 bridgehead atoms. The lowest BCUT2D eigenvalue weighted by Gasteiger charge is -1.99. The average Bonchev–Trinajstić information content (AvgIpc) is 2.81. The standard InChI is InChI=1S/C15H12ClNO/c1-18-11-6-7-14-10(8-11)9-15(17-14)12-4-2-3-5-13(12)16/h2-9,17H,1H3. The number of methoxy groups -OCH3 is 1. The lowest BCUT2D eigenvalue weighted by molar-refractivity contribution is 0.415. The second-order valence-corrected chi connectivity index (χ2v) is 4.52. The van der Waals surface area contributed by atoms with E-state index in [0.29, 0.717) is 0 Å². The molecule has 1 heterocycles. The molecule has 1 aromatic heterocycles. The SMILES string of the molecule is COc1ccc2[nH]c(-c3ccccc3Cl)cc2c1. The molecular weight excluding hydrogens is 246 g/mol. The summed E-state index contributed by atoms with van der Waals surface area (Å²) in [5.41, 5.74) is 3.10. The number of hydrogen-bond donors (Lipinski definition) is 1. The number of rotatable bonds is 2. The van der Waals surface area contributed by atoms with Crippen LogP contribution in [0.3, 0.4) is 0 Å². The second-order valence-electron chi connectivity index (χ2n) is 4.12. The molecule has 0 aliphatic rings. The molecule has 1 N–H and O–H groups in total. The highest BCUT2D eigenvalue weighted by Gasteiger charge is 2.07.